The van der Waals surface area contributed by atoms with Gasteiger partial charge in [-0.25, -0.2) is 28.3 Å². The number of fused-ring (bicyclic) bond motifs is 4. The molecule has 2 saturated carbocycles. The maximum absolute atomic E-state index is 18.4. The molecule has 0 radical (unpaired) electrons. The molecule has 510 valence electrons. The molecule has 18 nitrogen and oxygen atoms in total. The zero-order valence-electron chi connectivity index (χ0n) is 57.5. The second kappa shape index (κ2) is 27.7. The van der Waals surface area contributed by atoms with Gasteiger partial charge in [-0.3, -0.25) is 29.7 Å². The lowest BCUT2D eigenvalue weighted by Gasteiger charge is -2.47. The highest BCUT2D eigenvalue weighted by Gasteiger charge is 2.48. The topological polar surface area (TPSA) is 175 Å². The molecule has 22 heteroatoms. The van der Waals surface area contributed by atoms with E-state index >= 15 is 8.78 Å². The number of carbonyl (C=O) groups excluding carboxylic acids is 4. The van der Waals surface area contributed by atoms with Gasteiger partial charge in [-0.1, -0.05) is 65.3 Å². The number of aromatic nitrogens is 3. The summed E-state index contributed by atoms with van der Waals surface area (Å²) in [7, 11) is 0.719. The van der Waals surface area contributed by atoms with E-state index in [0.29, 0.717) is 104 Å². The number of nitrogens with zero attached hydrogens (tertiary/aromatic N) is 9. The highest BCUT2D eigenvalue weighted by Crippen LogP contribution is 2.51. The minimum absolute atomic E-state index is 0.00174. The van der Waals surface area contributed by atoms with E-state index in [4.69, 9.17) is 33.9 Å². The highest BCUT2D eigenvalue weighted by atomic mass is 32.2. The summed E-state index contributed by atoms with van der Waals surface area (Å²) in [5.41, 5.74) is 5.96. The lowest BCUT2D eigenvalue weighted by molar-refractivity contribution is -0.120. The van der Waals surface area contributed by atoms with Gasteiger partial charge in [0, 0.05) is 114 Å². The van der Waals surface area contributed by atoms with E-state index in [9.17, 15) is 19.2 Å². The van der Waals surface area contributed by atoms with Crippen LogP contribution in [0, 0.1) is 39.8 Å². The summed E-state index contributed by atoms with van der Waals surface area (Å²) in [6.07, 6.45) is 12.0. The van der Waals surface area contributed by atoms with Crippen LogP contribution in [0.3, 0.4) is 0 Å². The molecule has 2 aliphatic carbocycles. The molecule has 2 unspecified atom stereocenters. The van der Waals surface area contributed by atoms with E-state index in [1.165, 1.54) is 50.9 Å². The van der Waals surface area contributed by atoms with Crippen LogP contribution in [-0.2, 0) is 14.3 Å². The Morgan fingerprint density at radius 2 is 1.51 bits per heavy atom. The van der Waals surface area contributed by atoms with E-state index in [2.05, 4.69) is 73.0 Å². The van der Waals surface area contributed by atoms with Gasteiger partial charge in [0.2, 0.25) is 5.91 Å². The average molecular weight is 1340 g/mol. The lowest BCUT2D eigenvalue weighted by atomic mass is 9.65. The largest absolute Gasteiger partial charge is 0.495 e. The van der Waals surface area contributed by atoms with Gasteiger partial charge in [0.15, 0.2) is 17.8 Å². The maximum Gasteiger partial charge on any atom is 0.410 e. The molecule has 12 rings (SSSR count). The zero-order valence-corrected chi connectivity index (χ0v) is 59.3. The van der Waals surface area contributed by atoms with Gasteiger partial charge in [-0.15, -0.1) is 5.54 Å². The second-order valence-electron chi connectivity index (χ2n) is 30.1. The monoisotopic (exact) mass is 1340 g/mol. The number of likely N-dealkylation sites (tertiary alicyclic amines) is 1. The molecule has 5 aliphatic heterocycles. The van der Waals surface area contributed by atoms with Gasteiger partial charge in [-0.05, 0) is 160 Å². The molecule has 1 spiro atoms. The van der Waals surface area contributed by atoms with Gasteiger partial charge >= 0.3 is 12.1 Å². The minimum atomic E-state index is -2.35. The fraction of sp³-hybridized carbons (Fsp3) is 0.603. The number of nitrogens with one attached hydrogen (secondary N) is 1. The molecule has 1 N–H and O–H groups in total. The predicted molar refractivity (Wildman–Crippen MR) is 371 cm³/mol. The number of methoxy groups -OCH3 is 2. The van der Waals surface area contributed by atoms with Crippen LogP contribution in [-0.4, -0.2) is 183 Å². The van der Waals surface area contributed by atoms with E-state index in [0.717, 1.165) is 83.5 Å². The van der Waals surface area contributed by atoms with Crippen LogP contribution in [0.15, 0.2) is 53.8 Å². The molecule has 7 fully saturated rings. The Morgan fingerprint density at radius 3 is 2.14 bits per heavy atom. The Kier molecular flexibility index (Phi) is 19.9. The third-order valence-corrected chi connectivity index (χ3v) is 29.5. The number of piperidine rings is 1. The standard InChI is InChI=1S/C73H96F2N10O8SSi/c1-46(2)95(47(3)4,48(5)6)35-21-55-58(74)16-12-50-36-54(92-45-90-10)38-56(62(50)55)64-63(75)65-57(39-76-64)66(83-41-52-14-15-53(42-83)85(52)70(89)93-71(7,8)9)79-68(78-65)94-44-73(24-25-73)43-81-33-31-80(32-34-81)40-49-18-22-72(23-19-49)26-29-82(30-27-72)67(87)51-13-17-60(91-11)59(37-51)84-28-20-61(86)77-69(84)88/h12-13,16-17,36-39,46-49,52-53H,14-15,18-20,22-34,40-45H2,1-11H3,(H,77,86,88). The number of halogens is 2. The number of urea groups is 1. The number of pyridine rings is 1. The molecule has 95 heavy (non-hydrogen) atoms. The number of piperazine rings is 2. The Balaban J connectivity index is 0.734. The molecule has 2 atom stereocenters. The van der Waals surface area contributed by atoms with Crippen molar-refractivity contribution < 1.29 is 46.9 Å². The fourth-order valence-corrected chi connectivity index (χ4v) is 22.9. The summed E-state index contributed by atoms with van der Waals surface area (Å²) >= 11 is 1.58. The smallest absolute Gasteiger partial charge is 0.410 e. The molecule has 3 aromatic carbocycles. The average Bonchev–Trinajstić information content (AvgIpc) is 1.68. The Hall–Kier alpha value is -6.64. The molecule has 5 saturated heterocycles. The van der Waals surface area contributed by atoms with Gasteiger partial charge < -0.3 is 38.5 Å². The number of benzene rings is 3. The van der Waals surface area contributed by atoms with Gasteiger partial charge in [0.25, 0.3) is 5.91 Å². The molecule has 5 amide bonds. The van der Waals surface area contributed by atoms with E-state index in [1.54, 1.807) is 48.3 Å². The predicted octanol–water partition coefficient (Wildman–Crippen LogP) is 13.3. The molecular weight excluding hydrogens is 1240 g/mol. The number of imide groups is 1. The van der Waals surface area contributed by atoms with Crippen molar-refractivity contribution in [3.8, 4) is 34.2 Å². The first kappa shape index (κ1) is 68.3. The van der Waals surface area contributed by atoms with E-state index < -0.39 is 31.3 Å². The number of hydrogen-bond acceptors (Lipinski definition) is 15. The summed E-state index contributed by atoms with van der Waals surface area (Å²) < 4.78 is 57.9. The molecule has 7 heterocycles. The summed E-state index contributed by atoms with van der Waals surface area (Å²) in [4.78, 5) is 80.4. The van der Waals surface area contributed by atoms with Gasteiger partial charge in [0.1, 0.15) is 48.0 Å². The number of hydrogen-bond donors (Lipinski definition) is 1. The van der Waals surface area contributed by atoms with Crippen molar-refractivity contribution in [3.63, 3.8) is 0 Å². The zero-order chi connectivity index (χ0) is 67.3. The Bertz CT molecular complexity index is 3750. The fourth-order valence-electron chi connectivity index (χ4n) is 16.6. The highest BCUT2D eigenvalue weighted by molar-refractivity contribution is 7.99. The number of rotatable bonds is 18. The maximum atomic E-state index is 18.4. The number of anilines is 2. The van der Waals surface area contributed by atoms with Crippen molar-refractivity contribution in [3.05, 3.63) is 71.4 Å². The van der Waals surface area contributed by atoms with Crippen LogP contribution in [0.25, 0.3) is 32.9 Å². The summed E-state index contributed by atoms with van der Waals surface area (Å²) in [5.74, 6) is 4.77. The van der Waals surface area contributed by atoms with Crippen LogP contribution in [0.1, 0.15) is 149 Å². The van der Waals surface area contributed by atoms with Crippen molar-refractivity contribution in [2.45, 2.75) is 172 Å². The molecular formula is C73H96F2N10O8SSi. The summed E-state index contributed by atoms with van der Waals surface area (Å²) in [5, 5.41) is 4.38. The first-order chi connectivity index (χ1) is 45.4. The van der Waals surface area contributed by atoms with Crippen molar-refractivity contribution >= 4 is 77.0 Å². The lowest BCUT2D eigenvalue weighted by Crippen LogP contribution is -2.57. The Morgan fingerprint density at radius 1 is 0.821 bits per heavy atom. The first-order valence-electron chi connectivity index (χ1n) is 34.6. The van der Waals surface area contributed by atoms with Gasteiger partial charge in [0.05, 0.1) is 35.8 Å². The van der Waals surface area contributed by atoms with Crippen LogP contribution < -0.4 is 24.6 Å². The van der Waals surface area contributed by atoms with Crippen LogP contribution in [0.5, 0.6) is 11.5 Å². The van der Waals surface area contributed by atoms with Crippen molar-refractivity contribution in [2.24, 2.45) is 16.7 Å². The number of ether oxygens (including phenoxy) is 4. The van der Waals surface area contributed by atoms with E-state index in [-0.39, 0.29) is 77.4 Å². The molecule has 7 aliphatic rings. The summed E-state index contributed by atoms with van der Waals surface area (Å²) in [6.45, 7) is 27.7. The minimum Gasteiger partial charge on any atom is -0.495 e. The SMILES string of the molecule is COCOc1cc(-c2ncc3c(N4CC5CCC(C4)N5C(=O)OC(C)(C)C)nc(SCC4(CN5CCN(CC6CCC7(CC6)CCN(C(=O)c6ccc(OC)c(N8CCC(=O)NC8=O)c6)CC7)CC5)CC4)nc3c2F)c2c(C#C[Si](C(C)C)(C(C)C)C(C)C)c(F)ccc2c1. The number of thioether (sulfide) groups is 1. The van der Waals surface area contributed by atoms with E-state index in [1.807, 2.05) is 36.6 Å². The molecule has 2 bridgehead atoms. The first-order valence-corrected chi connectivity index (χ1v) is 37.8. The van der Waals surface area contributed by atoms with Crippen LogP contribution in [0.2, 0.25) is 16.6 Å². The third kappa shape index (κ3) is 14.2. The normalized spacial score (nSPS) is 21.1. The number of carbonyl (C=O) groups is 4. The Labute approximate surface area is 564 Å². The van der Waals surface area contributed by atoms with Crippen LogP contribution in [0.4, 0.5) is 29.9 Å². The van der Waals surface area contributed by atoms with Crippen molar-refractivity contribution in [2.75, 3.05) is 109 Å². The van der Waals surface area contributed by atoms with Gasteiger partial charge in [-0.2, -0.15) is 0 Å². The quantitative estimate of drug-likeness (QED) is 0.0288. The molecule has 2 aromatic heterocycles. The molecule has 5 aromatic rings. The summed E-state index contributed by atoms with van der Waals surface area (Å²) in [6, 6.07) is 11.1. The second-order valence-corrected chi connectivity index (χ2v) is 36.6. The third-order valence-electron chi connectivity index (χ3n) is 22.0. The van der Waals surface area contributed by atoms with Crippen LogP contribution >= 0.6 is 11.8 Å². The van der Waals surface area contributed by atoms with Crippen molar-refractivity contribution in [1.82, 2.24) is 39.9 Å². The van der Waals surface area contributed by atoms with Crippen molar-refractivity contribution in [1.29, 1.82) is 0 Å². The number of amides is 5.